The molecule has 1 aromatic carbocycles. The summed E-state index contributed by atoms with van der Waals surface area (Å²) in [5, 5.41) is 0. The molecule has 0 saturated carbocycles. The number of unbranched alkanes of at least 4 members (excludes halogenated alkanes) is 1. The van der Waals surface area contributed by atoms with Crippen LogP contribution in [0, 0.1) is 6.92 Å². The molecule has 1 aliphatic rings. The number of rotatable bonds is 6. The summed E-state index contributed by atoms with van der Waals surface area (Å²) in [7, 11) is 0. The van der Waals surface area contributed by atoms with Crippen molar-refractivity contribution >= 4 is 18.4 Å². The second-order valence-electron chi connectivity index (χ2n) is 6.39. The zero-order valence-electron chi connectivity index (χ0n) is 14.6. The highest BCUT2D eigenvalue weighted by Gasteiger charge is 2.39. The number of hydrogen-bond donors (Lipinski definition) is 0. The highest BCUT2D eigenvalue weighted by molar-refractivity contribution is 5.85. The van der Waals surface area contributed by atoms with E-state index in [0.717, 1.165) is 38.0 Å². The van der Waals surface area contributed by atoms with E-state index >= 15 is 0 Å². The van der Waals surface area contributed by atoms with Crippen LogP contribution in [0.5, 0.6) is 0 Å². The molecule has 0 N–H and O–H groups in total. The Hall–Kier alpha value is -1.06. The van der Waals surface area contributed by atoms with E-state index in [2.05, 4.69) is 43.0 Å². The minimum Gasteiger partial charge on any atom is -0.454 e. The molecule has 0 spiro atoms. The number of piperidine rings is 1. The molecule has 0 atom stereocenters. The van der Waals surface area contributed by atoms with Gasteiger partial charge in [0, 0.05) is 32.4 Å². The molecule has 1 saturated heterocycles. The molecule has 130 valence electrons. The van der Waals surface area contributed by atoms with Crippen molar-refractivity contribution in [1.29, 1.82) is 0 Å². The van der Waals surface area contributed by atoms with E-state index in [0.29, 0.717) is 6.42 Å². The molecular weight excluding hydrogens is 310 g/mol. The summed E-state index contributed by atoms with van der Waals surface area (Å²) in [5.74, 6) is -0.0940. The standard InChI is InChI=1S/C19H29NO2.ClH/c1-4-6-12-20-13-10-19(11-14-20,22-18(21)5-2)17-9-7-8-16(3)15-17;/h7-9,15H,4-6,10-14H2,1-3H3;1H. The molecule has 4 heteroatoms. The van der Waals surface area contributed by atoms with Crippen molar-refractivity contribution in [2.24, 2.45) is 0 Å². The minimum atomic E-state index is -0.429. The average Bonchev–Trinajstić information content (AvgIpc) is 2.54. The topological polar surface area (TPSA) is 29.5 Å². The van der Waals surface area contributed by atoms with Gasteiger partial charge in [-0.3, -0.25) is 4.79 Å². The first-order chi connectivity index (χ1) is 10.6. The molecule has 1 aliphatic heterocycles. The van der Waals surface area contributed by atoms with Crippen LogP contribution in [-0.2, 0) is 15.1 Å². The lowest BCUT2D eigenvalue weighted by molar-refractivity contribution is -0.166. The second-order valence-corrected chi connectivity index (χ2v) is 6.39. The fourth-order valence-electron chi connectivity index (χ4n) is 3.19. The number of carbonyl (C=O) groups is 1. The average molecular weight is 340 g/mol. The monoisotopic (exact) mass is 339 g/mol. The highest BCUT2D eigenvalue weighted by atomic mass is 35.5. The lowest BCUT2D eigenvalue weighted by Gasteiger charge is -2.41. The van der Waals surface area contributed by atoms with Crippen LogP contribution in [0.1, 0.15) is 57.1 Å². The first kappa shape index (κ1) is 20.0. The maximum Gasteiger partial charge on any atom is 0.306 e. The van der Waals surface area contributed by atoms with E-state index in [4.69, 9.17) is 4.74 Å². The molecule has 1 heterocycles. The Morgan fingerprint density at radius 3 is 2.52 bits per heavy atom. The Balaban J connectivity index is 0.00000264. The van der Waals surface area contributed by atoms with E-state index in [1.807, 2.05) is 6.92 Å². The minimum absolute atomic E-state index is 0. The summed E-state index contributed by atoms with van der Waals surface area (Å²) >= 11 is 0. The number of halogens is 1. The summed E-state index contributed by atoms with van der Waals surface area (Å²) in [4.78, 5) is 14.5. The van der Waals surface area contributed by atoms with Crippen LogP contribution in [0.4, 0.5) is 0 Å². The maximum atomic E-state index is 12.0. The number of ether oxygens (including phenoxy) is 1. The van der Waals surface area contributed by atoms with Crippen LogP contribution < -0.4 is 0 Å². The largest absolute Gasteiger partial charge is 0.454 e. The molecule has 0 aliphatic carbocycles. The number of benzene rings is 1. The fourth-order valence-corrected chi connectivity index (χ4v) is 3.19. The normalized spacial score (nSPS) is 17.3. The van der Waals surface area contributed by atoms with Crippen LogP contribution >= 0.6 is 12.4 Å². The van der Waals surface area contributed by atoms with E-state index in [1.165, 1.54) is 18.4 Å². The smallest absolute Gasteiger partial charge is 0.306 e. The van der Waals surface area contributed by atoms with Crippen molar-refractivity contribution in [3.8, 4) is 0 Å². The second kappa shape index (κ2) is 9.29. The van der Waals surface area contributed by atoms with Gasteiger partial charge in [0.1, 0.15) is 5.60 Å². The lowest BCUT2D eigenvalue weighted by Crippen LogP contribution is -2.45. The van der Waals surface area contributed by atoms with Gasteiger partial charge in [-0.05, 0) is 25.5 Å². The molecule has 1 fully saturated rings. The highest BCUT2D eigenvalue weighted by Crippen LogP contribution is 2.37. The number of esters is 1. The Labute approximate surface area is 146 Å². The number of nitrogens with zero attached hydrogens (tertiary/aromatic N) is 1. The molecule has 0 amide bonds. The first-order valence-electron chi connectivity index (χ1n) is 8.61. The number of carbonyl (C=O) groups excluding carboxylic acids is 1. The Morgan fingerprint density at radius 1 is 1.26 bits per heavy atom. The van der Waals surface area contributed by atoms with Crippen LogP contribution in [0.2, 0.25) is 0 Å². The predicted octanol–water partition coefficient (Wildman–Crippen LogP) is 4.46. The van der Waals surface area contributed by atoms with E-state index in [1.54, 1.807) is 0 Å². The maximum absolute atomic E-state index is 12.0. The number of hydrogen-bond acceptors (Lipinski definition) is 3. The lowest BCUT2D eigenvalue weighted by atomic mass is 9.83. The summed E-state index contributed by atoms with van der Waals surface area (Å²) in [6.45, 7) is 9.35. The van der Waals surface area contributed by atoms with Crippen LogP contribution in [0.15, 0.2) is 24.3 Å². The molecular formula is C19H30ClNO2. The van der Waals surface area contributed by atoms with Crippen LogP contribution in [0.25, 0.3) is 0 Å². The van der Waals surface area contributed by atoms with Gasteiger partial charge >= 0.3 is 5.97 Å². The third-order valence-electron chi connectivity index (χ3n) is 4.63. The SMILES string of the molecule is CCCCN1CCC(OC(=O)CC)(c2cccc(C)c2)CC1.Cl. The first-order valence-corrected chi connectivity index (χ1v) is 8.61. The molecule has 0 bridgehead atoms. The third kappa shape index (κ3) is 5.22. The summed E-state index contributed by atoms with van der Waals surface area (Å²) in [5.41, 5.74) is 1.95. The van der Waals surface area contributed by atoms with Crippen molar-refractivity contribution in [2.45, 2.75) is 58.5 Å². The number of aryl methyl sites for hydroxylation is 1. The summed E-state index contributed by atoms with van der Waals surface area (Å²) in [6, 6.07) is 8.44. The zero-order valence-corrected chi connectivity index (χ0v) is 15.5. The van der Waals surface area contributed by atoms with Gasteiger partial charge in [0.05, 0.1) is 0 Å². The zero-order chi connectivity index (χ0) is 16.0. The van der Waals surface area contributed by atoms with Gasteiger partial charge < -0.3 is 9.64 Å². The summed E-state index contributed by atoms with van der Waals surface area (Å²) in [6.07, 6.45) is 4.70. The molecule has 2 rings (SSSR count). The van der Waals surface area contributed by atoms with E-state index in [9.17, 15) is 4.79 Å². The Morgan fingerprint density at radius 2 is 1.96 bits per heavy atom. The Kier molecular flexibility index (Phi) is 8.07. The van der Waals surface area contributed by atoms with Crippen molar-refractivity contribution < 1.29 is 9.53 Å². The molecule has 0 unspecified atom stereocenters. The van der Waals surface area contributed by atoms with E-state index < -0.39 is 5.60 Å². The molecule has 1 aromatic rings. The van der Waals surface area contributed by atoms with Gasteiger partial charge in [0.15, 0.2) is 0 Å². The van der Waals surface area contributed by atoms with E-state index in [-0.39, 0.29) is 18.4 Å². The fraction of sp³-hybridized carbons (Fsp3) is 0.632. The third-order valence-corrected chi connectivity index (χ3v) is 4.63. The van der Waals surface area contributed by atoms with Gasteiger partial charge in [-0.15, -0.1) is 12.4 Å². The van der Waals surface area contributed by atoms with Gasteiger partial charge in [-0.2, -0.15) is 0 Å². The quantitative estimate of drug-likeness (QED) is 0.716. The number of likely N-dealkylation sites (tertiary alicyclic amines) is 1. The molecule has 0 aromatic heterocycles. The molecule has 3 nitrogen and oxygen atoms in total. The van der Waals surface area contributed by atoms with Gasteiger partial charge in [0.25, 0.3) is 0 Å². The van der Waals surface area contributed by atoms with Gasteiger partial charge in [0.2, 0.25) is 0 Å². The van der Waals surface area contributed by atoms with Crippen molar-refractivity contribution in [3.63, 3.8) is 0 Å². The molecule has 0 radical (unpaired) electrons. The Bertz CT molecular complexity index is 496. The van der Waals surface area contributed by atoms with Crippen molar-refractivity contribution in [1.82, 2.24) is 4.90 Å². The predicted molar refractivity (Wildman–Crippen MR) is 97.1 cm³/mol. The molecule has 23 heavy (non-hydrogen) atoms. The van der Waals surface area contributed by atoms with Crippen molar-refractivity contribution in [2.75, 3.05) is 19.6 Å². The van der Waals surface area contributed by atoms with Crippen LogP contribution in [-0.4, -0.2) is 30.5 Å². The summed E-state index contributed by atoms with van der Waals surface area (Å²) < 4.78 is 5.96. The van der Waals surface area contributed by atoms with Gasteiger partial charge in [-0.25, -0.2) is 0 Å². The van der Waals surface area contributed by atoms with Crippen LogP contribution in [0.3, 0.4) is 0 Å². The van der Waals surface area contributed by atoms with Gasteiger partial charge in [-0.1, -0.05) is 50.1 Å². The van der Waals surface area contributed by atoms with Crippen molar-refractivity contribution in [3.05, 3.63) is 35.4 Å².